The van der Waals surface area contributed by atoms with Crippen molar-refractivity contribution in [3.05, 3.63) is 54.1 Å². The number of anilines is 3. The Morgan fingerprint density at radius 3 is 1.71 bits per heavy atom. The fourth-order valence-corrected chi connectivity index (χ4v) is 1.82. The molecule has 3 amide bonds. The highest BCUT2D eigenvalue weighted by Crippen LogP contribution is 2.18. The fourth-order valence-electron chi connectivity index (χ4n) is 1.82. The molecule has 6 nitrogen and oxygen atoms in total. The van der Waals surface area contributed by atoms with Crippen LogP contribution in [-0.4, -0.2) is 17.7 Å². The normalized spacial score (nSPS) is 9.96. The van der Waals surface area contributed by atoms with Crippen molar-refractivity contribution in [3.63, 3.8) is 0 Å². The molecule has 0 aromatic heterocycles. The Morgan fingerprint density at radius 1 is 0.750 bits per heavy atom. The van der Waals surface area contributed by atoms with Crippen molar-refractivity contribution in [2.24, 2.45) is 0 Å². The number of halogens is 2. The molecule has 24 heavy (non-hydrogen) atoms. The summed E-state index contributed by atoms with van der Waals surface area (Å²) in [6.45, 7) is 1.35. The van der Waals surface area contributed by atoms with Crippen LogP contribution in [0.25, 0.3) is 0 Å². The van der Waals surface area contributed by atoms with E-state index in [1.54, 1.807) is 0 Å². The molecule has 0 bridgehead atoms. The number of benzene rings is 2. The van der Waals surface area contributed by atoms with Gasteiger partial charge < -0.3 is 16.0 Å². The Labute approximate surface area is 135 Å². The van der Waals surface area contributed by atoms with Crippen molar-refractivity contribution >= 4 is 34.8 Å². The molecule has 0 heterocycles. The monoisotopic (exact) mass is 333 g/mol. The Balaban J connectivity index is 2.01. The van der Waals surface area contributed by atoms with Crippen LogP contribution in [-0.2, 0) is 14.4 Å². The van der Waals surface area contributed by atoms with E-state index in [1.165, 1.54) is 31.2 Å². The number of carbonyl (C=O) groups is 3. The molecular weight excluding hydrogens is 320 g/mol. The molecular formula is C16H13F2N3O3. The summed E-state index contributed by atoms with van der Waals surface area (Å²) in [5.74, 6) is -4.54. The zero-order valence-electron chi connectivity index (χ0n) is 12.5. The van der Waals surface area contributed by atoms with Gasteiger partial charge in [0.15, 0.2) is 0 Å². The van der Waals surface area contributed by atoms with Crippen molar-refractivity contribution in [1.29, 1.82) is 0 Å². The number of carbonyl (C=O) groups excluding carboxylic acids is 3. The van der Waals surface area contributed by atoms with Crippen LogP contribution in [0.15, 0.2) is 42.5 Å². The number of hydrogen-bond donors (Lipinski definition) is 3. The molecule has 0 spiro atoms. The summed E-state index contributed by atoms with van der Waals surface area (Å²) in [6.07, 6.45) is 0. The molecule has 0 atom stereocenters. The number of rotatable bonds is 3. The van der Waals surface area contributed by atoms with Gasteiger partial charge in [0.1, 0.15) is 17.3 Å². The summed E-state index contributed by atoms with van der Waals surface area (Å²) in [5, 5.41) is 6.69. The van der Waals surface area contributed by atoms with Gasteiger partial charge in [0.2, 0.25) is 5.91 Å². The van der Waals surface area contributed by atoms with E-state index >= 15 is 0 Å². The van der Waals surface area contributed by atoms with Gasteiger partial charge in [0.25, 0.3) is 0 Å². The second kappa shape index (κ2) is 7.32. The second-order valence-electron chi connectivity index (χ2n) is 4.76. The lowest BCUT2D eigenvalue weighted by Crippen LogP contribution is -2.29. The predicted octanol–water partition coefficient (Wildman–Crippen LogP) is 2.50. The van der Waals surface area contributed by atoms with Gasteiger partial charge in [-0.15, -0.1) is 0 Å². The molecule has 0 saturated carbocycles. The number of nitrogens with one attached hydrogen (secondary N) is 3. The van der Waals surface area contributed by atoms with Crippen LogP contribution in [0.3, 0.4) is 0 Å². The molecule has 0 aliphatic carbocycles. The van der Waals surface area contributed by atoms with Crippen molar-refractivity contribution in [1.82, 2.24) is 0 Å². The number of para-hydroxylation sites is 1. The highest BCUT2D eigenvalue weighted by molar-refractivity contribution is 6.43. The van der Waals surface area contributed by atoms with E-state index < -0.39 is 29.1 Å². The Kier molecular flexibility index (Phi) is 5.20. The standard InChI is InChI=1S/C16H13F2N3O3/c1-9(22)19-10-5-7-11(8-6-10)20-15(23)16(24)21-14-12(17)3-2-4-13(14)18/h2-8H,1H3,(H,19,22)(H,20,23)(H,21,24). The van der Waals surface area contributed by atoms with E-state index in [4.69, 9.17) is 0 Å². The Morgan fingerprint density at radius 2 is 1.21 bits per heavy atom. The molecule has 8 heteroatoms. The van der Waals surface area contributed by atoms with Crippen LogP contribution < -0.4 is 16.0 Å². The predicted molar refractivity (Wildman–Crippen MR) is 84.4 cm³/mol. The molecule has 2 aromatic rings. The zero-order valence-corrected chi connectivity index (χ0v) is 12.5. The molecule has 0 aliphatic heterocycles. The largest absolute Gasteiger partial charge is 0.326 e. The molecule has 124 valence electrons. The van der Waals surface area contributed by atoms with Crippen LogP contribution in [0.1, 0.15) is 6.92 Å². The quantitative estimate of drug-likeness (QED) is 0.754. The van der Waals surface area contributed by atoms with Crippen molar-refractivity contribution in [3.8, 4) is 0 Å². The maximum atomic E-state index is 13.4. The van der Waals surface area contributed by atoms with Crippen molar-refractivity contribution < 1.29 is 23.2 Å². The first kappa shape index (κ1) is 17.1. The lowest BCUT2D eigenvalue weighted by Gasteiger charge is -2.09. The lowest BCUT2D eigenvalue weighted by atomic mass is 10.2. The molecule has 0 radical (unpaired) electrons. The topological polar surface area (TPSA) is 87.3 Å². The van der Waals surface area contributed by atoms with E-state index in [-0.39, 0.29) is 11.6 Å². The Bertz CT molecular complexity index is 771. The van der Waals surface area contributed by atoms with Gasteiger partial charge in [-0.05, 0) is 36.4 Å². The van der Waals surface area contributed by atoms with Gasteiger partial charge in [-0.3, -0.25) is 14.4 Å². The summed E-state index contributed by atoms with van der Waals surface area (Å²) in [6, 6.07) is 9.00. The lowest BCUT2D eigenvalue weighted by molar-refractivity contribution is -0.133. The number of hydrogen-bond acceptors (Lipinski definition) is 3. The Hall–Kier alpha value is -3.29. The average molecular weight is 333 g/mol. The van der Waals surface area contributed by atoms with E-state index in [9.17, 15) is 23.2 Å². The molecule has 0 saturated heterocycles. The van der Waals surface area contributed by atoms with Gasteiger partial charge >= 0.3 is 11.8 Å². The summed E-state index contributed by atoms with van der Waals surface area (Å²) < 4.78 is 26.9. The third kappa shape index (κ3) is 4.35. The van der Waals surface area contributed by atoms with Crippen LogP contribution >= 0.6 is 0 Å². The second-order valence-corrected chi connectivity index (χ2v) is 4.76. The minimum Gasteiger partial charge on any atom is -0.326 e. The third-order valence-corrected chi connectivity index (χ3v) is 2.87. The minimum atomic E-state index is -1.22. The first-order valence-corrected chi connectivity index (χ1v) is 6.81. The van der Waals surface area contributed by atoms with E-state index in [0.29, 0.717) is 5.69 Å². The van der Waals surface area contributed by atoms with Crippen LogP contribution in [0.2, 0.25) is 0 Å². The summed E-state index contributed by atoms with van der Waals surface area (Å²) in [4.78, 5) is 34.4. The highest BCUT2D eigenvalue weighted by Gasteiger charge is 2.18. The highest BCUT2D eigenvalue weighted by atomic mass is 19.1. The van der Waals surface area contributed by atoms with Crippen molar-refractivity contribution in [2.75, 3.05) is 16.0 Å². The molecule has 2 rings (SSSR count). The van der Waals surface area contributed by atoms with Crippen LogP contribution in [0.5, 0.6) is 0 Å². The molecule has 0 unspecified atom stereocenters. The smallest absolute Gasteiger partial charge is 0.314 e. The van der Waals surface area contributed by atoms with Gasteiger partial charge in [0.05, 0.1) is 0 Å². The van der Waals surface area contributed by atoms with Crippen LogP contribution in [0, 0.1) is 11.6 Å². The van der Waals surface area contributed by atoms with Crippen LogP contribution in [0.4, 0.5) is 25.8 Å². The summed E-state index contributed by atoms with van der Waals surface area (Å²) in [5.41, 5.74) is 0.0929. The summed E-state index contributed by atoms with van der Waals surface area (Å²) in [7, 11) is 0. The van der Waals surface area contributed by atoms with Gasteiger partial charge in [-0.2, -0.15) is 0 Å². The number of amides is 3. The zero-order chi connectivity index (χ0) is 17.7. The third-order valence-electron chi connectivity index (χ3n) is 2.87. The average Bonchev–Trinajstić information content (AvgIpc) is 2.52. The maximum Gasteiger partial charge on any atom is 0.314 e. The van der Waals surface area contributed by atoms with Gasteiger partial charge in [-0.1, -0.05) is 6.07 Å². The fraction of sp³-hybridized carbons (Fsp3) is 0.0625. The van der Waals surface area contributed by atoms with Crippen molar-refractivity contribution in [2.45, 2.75) is 6.92 Å². The van der Waals surface area contributed by atoms with Gasteiger partial charge in [-0.25, -0.2) is 8.78 Å². The first-order chi connectivity index (χ1) is 11.4. The first-order valence-electron chi connectivity index (χ1n) is 6.81. The van der Waals surface area contributed by atoms with Gasteiger partial charge in [0, 0.05) is 18.3 Å². The molecule has 2 aromatic carbocycles. The minimum absolute atomic E-state index is 0.252. The maximum absolute atomic E-state index is 13.4. The molecule has 3 N–H and O–H groups in total. The van der Waals surface area contributed by atoms with E-state index in [2.05, 4.69) is 10.6 Å². The van der Waals surface area contributed by atoms with E-state index in [0.717, 1.165) is 18.2 Å². The SMILES string of the molecule is CC(=O)Nc1ccc(NC(=O)C(=O)Nc2c(F)cccc2F)cc1. The van der Waals surface area contributed by atoms with E-state index in [1.807, 2.05) is 5.32 Å². The molecule has 0 aliphatic rings. The molecule has 0 fully saturated rings. The summed E-state index contributed by atoms with van der Waals surface area (Å²) >= 11 is 0.